The van der Waals surface area contributed by atoms with E-state index < -0.39 is 5.60 Å². The van der Waals surface area contributed by atoms with Crippen LogP contribution in [-0.2, 0) is 14.3 Å². The summed E-state index contributed by atoms with van der Waals surface area (Å²) in [5.41, 5.74) is -0.394. The first kappa shape index (κ1) is 13.8. The summed E-state index contributed by atoms with van der Waals surface area (Å²) in [6, 6.07) is 0.342. The highest BCUT2D eigenvalue weighted by atomic mass is 16.6. The van der Waals surface area contributed by atoms with Crippen molar-refractivity contribution >= 4 is 5.97 Å². The zero-order valence-corrected chi connectivity index (χ0v) is 11.8. The third kappa shape index (κ3) is 3.45. The molecule has 2 fully saturated rings. The van der Waals surface area contributed by atoms with E-state index in [1.54, 1.807) is 0 Å². The van der Waals surface area contributed by atoms with Crippen LogP contribution in [0.15, 0.2) is 0 Å². The molecule has 0 amide bonds. The van der Waals surface area contributed by atoms with Crippen LogP contribution in [0.25, 0.3) is 0 Å². The molecule has 2 saturated heterocycles. The van der Waals surface area contributed by atoms with Gasteiger partial charge in [-0.25, -0.2) is 0 Å². The molecular weight excluding hydrogens is 230 g/mol. The fraction of sp³-hybridized carbons (Fsp3) is 0.929. The molecule has 1 unspecified atom stereocenters. The first-order chi connectivity index (χ1) is 8.47. The van der Waals surface area contributed by atoms with Crippen LogP contribution < -0.4 is 0 Å². The lowest BCUT2D eigenvalue weighted by Crippen LogP contribution is -2.48. The van der Waals surface area contributed by atoms with Crippen LogP contribution in [-0.4, -0.2) is 48.3 Å². The summed E-state index contributed by atoms with van der Waals surface area (Å²) < 4.78 is 11.1. The molecule has 0 aromatic rings. The van der Waals surface area contributed by atoms with Crippen LogP contribution in [0.5, 0.6) is 0 Å². The van der Waals surface area contributed by atoms with Crippen molar-refractivity contribution in [3.63, 3.8) is 0 Å². The highest BCUT2D eigenvalue weighted by Gasteiger charge is 2.38. The summed E-state index contributed by atoms with van der Waals surface area (Å²) >= 11 is 0. The van der Waals surface area contributed by atoms with Gasteiger partial charge in [-0.2, -0.15) is 0 Å². The van der Waals surface area contributed by atoms with Gasteiger partial charge >= 0.3 is 5.97 Å². The van der Waals surface area contributed by atoms with Gasteiger partial charge in [-0.3, -0.25) is 9.69 Å². The zero-order chi connectivity index (χ0) is 13.2. The van der Waals surface area contributed by atoms with E-state index in [-0.39, 0.29) is 12.0 Å². The maximum atomic E-state index is 12.2. The molecule has 0 N–H and O–H groups in total. The van der Waals surface area contributed by atoms with E-state index in [4.69, 9.17) is 9.47 Å². The normalized spacial score (nSPS) is 30.4. The van der Waals surface area contributed by atoms with Crippen LogP contribution >= 0.6 is 0 Å². The Morgan fingerprint density at radius 2 is 2.06 bits per heavy atom. The summed E-state index contributed by atoms with van der Waals surface area (Å²) in [7, 11) is 0. The van der Waals surface area contributed by atoms with E-state index in [0.29, 0.717) is 6.04 Å². The number of likely N-dealkylation sites (tertiary alicyclic amines) is 1. The third-order valence-electron chi connectivity index (χ3n) is 3.58. The molecular formula is C14H25NO3. The maximum Gasteiger partial charge on any atom is 0.323 e. The lowest BCUT2D eigenvalue weighted by molar-refractivity contribution is -0.162. The van der Waals surface area contributed by atoms with Gasteiger partial charge in [0.25, 0.3) is 0 Å². The minimum absolute atomic E-state index is 0.0593. The van der Waals surface area contributed by atoms with Crippen molar-refractivity contribution in [2.45, 2.75) is 64.1 Å². The van der Waals surface area contributed by atoms with Crippen molar-refractivity contribution in [2.24, 2.45) is 0 Å². The first-order valence-corrected chi connectivity index (χ1v) is 7.04. The number of carbonyl (C=O) groups is 1. The lowest BCUT2D eigenvalue weighted by atomic mass is 10.1. The van der Waals surface area contributed by atoms with Gasteiger partial charge in [0.2, 0.25) is 0 Å². The van der Waals surface area contributed by atoms with Gasteiger partial charge in [-0.1, -0.05) is 0 Å². The van der Waals surface area contributed by atoms with Crippen LogP contribution in [0.3, 0.4) is 0 Å². The van der Waals surface area contributed by atoms with E-state index in [2.05, 4.69) is 4.90 Å². The molecule has 2 atom stereocenters. The molecule has 104 valence electrons. The standard InChI is InChI=1S/C14H25NO3/c1-14(2,3)18-13(16)12-7-4-8-15(12)11-6-5-9-17-10-11/h11-12H,4-10H2,1-3H3/t11?,12-/m0/s1. The molecule has 2 rings (SSSR count). The van der Waals surface area contributed by atoms with Crippen LogP contribution in [0, 0.1) is 0 Å². The fourth-order valence-electron chi connectivity index (χ4n) is 2.83. The molecule has 2 aliphatic heterocycles. The van der Waals surface area contributed by atoms with E-state index in [0.717, 1.165) is 45.4 Å². The van der Waals surface area contributed by atoms with Gasteiger partial charge in [0.15, 0.2) is 0 Å². The second-order valence-electron chi connectivity index (χ2n) is 6.30. The van der Waals surface area contributed by atoms with Crippen molar-refractivity contribution in [1.29, 1.82) is 0 Å². The van der Waals surface area contributed by atoms with Gasteiger partial charge in [0.05, 0.1) is 6.61 Å². The molecule has 0 aliphatic carbocycles. The summed E-state index contributed by atoms with van der Waals surface area (Å²) in [5, 5.41) is 0. The highest BCUT2D eigenvalue weighted by Crippen LogP contribution is 2.26. The molecule has 4 nitrogen and oxygen atoms in total. The average molecular weight is 255 g/mol. The number of esters is 1. The largest absolute Gasteiger partial charge is 0.459 e. The Bertz CT molecular complexity index is 292. The van der Waals surface area contributed by atoms with Gasteiger partial charge in [0, 0.05) is 12.6 Å². The molecule has 0 spiro atoms. The van der Waals surface area contributed by atoms with Gasteiger partial charge in [0.1, 0.15) is 11.6 Å². The predicted octanol–water partition coefficient (Wildman–Crippen LogP) is 1.97. The molecule has 18 heavy (non-hydrogen) atoms. The summed E-state index contributed by atoms with van der Waals surface area (Å²) in [4.78, 5) is 14.5. The second-order valence-corrected chi connectivity index (χ2v) is 6.30. The predicted molar refractivity (Wildman–Crippen MR) is 69.4 cm³/mol. The van der Waals surface area contributed by atoms with Gasteiger partial charge < -0.3 is 9.47 Å². The summed E-state index contributed by atoms with van der Waals surface area (Å²) in [6.07, 6.45) is 4.24. The van der Waals surface area contributed by atoms with E-state index in [1.165, 1.54) is 0 Å². The fourth-order valence-corrected chi connectivity index (χ4v) is 2.83. The maximum absolute atomic E-state index is 12.2. The Labute approximate surface area is 110 Å². The van der Waals surface area contributed by atoms with Gasteiger partial charge in [-0.05, 0) is 53.0 Å². The number of ether oxygens (including phenoxy) is 2. The number of hydrogen-bond donors (Lipinski definition) is 0. The Hall–Kier alpha value is -0.610. The SMILES string of the molecule is CC(C)(C)OC(=O)[C@@H]1CCCN1C1CCCOC1. The quantitative estimate of drug-likeness (QED) is 0.707. The number of carbonyl (C=O) groups excluding carboxylic acids is 1. The van der Waals surface area contributed by atoms with E-state index in [1.807, 2.05) is 20.8 Å². The Kier molecular flexibility index (Phi) is 4.28. The third-order valence-corrected chi connectivity index (χ3v) is 3.58. The van der Waals surface area contributed by atoms with Crippen molar-refractivity contribution in [2.75, 3.05) is 19.8 Å². The first-order valence-electron chi connectivity index (χ1n) is 7.04. The zero-order valence-electron chi connectivity index (χ0n) is 11.8. The summed E-state index contributed by atoms with van der Waals surface area (Å²) in [6.45, 7) is 8.40. The average Bonchev–Trinajstić information content (AvgIpc) is 2.76. The van der Waals surface area contributed by atoms with Crippen LogP contribution in [0.1, 0.15) is 46.5 Å². The monoisotopic (exact) mass is 255 g/mol. The molecule has 0 aromatic heterocycles. The van der Waals surface area contributed by atoms with E-state index >= 15 is 0 Å². The van der Waals surface area contributed by atoms with Crippen molar-refractivity contribution in [1.82, 2.24) is 4.90 Å². The van der Waals surface area contributed by atoms with Crippen molar-refractivity contribution < 1.29 is 14.3 Å². The Balaban J connectivity index is 1.96. The van der Waals surface area contributed by atoms with Crippen LogP contribution in [0.4, 0.5) is 0 Å². The van der Waals surface area contributed by atoms with Crippen molar-refractivity contribution in [3.8, 4) is 0 Å². The molecule has 4 heteroatoms. The number of hydrogen-bond acceptors (Lipinski definition) is 4. The van der Waals surface area contributed by atoms with E-state index in [9.17, 15) is 4.79 Å². The number of nitrogens with zero attached hydrogens (tertiary/aromatic N) is 1. The number of rotatable bonds is 2. The smallest absolute Gasteiger partial charge is 0.323 e. The Morgan fingerprint density at radius 1 is 1.28 bits per heavy atom. The molecule has 0 radical (unpaired) electrons. The second kappa shape index (κ2) is 5.57. The van der Waals surface area contributed by atoms with Gasteiger partial charge in [-0.15, -0.1) is 0 Å². The van der Waals surface area contributed by atoms with Crippen molar-refractivity contribution in [3.05, 3.63) is 0 Å². The van der Waals surface area contributed by atoms with Crippen LogP contribution in [0.2, 0.25) is 0 Å². The lowest BCUT2D eigenvalue weighted by Gasteiger charge is -2.35. The molecule has 2 heterocycles. The molecule has 2 aliphatic rings. The topological polar surface area (TPSA) is 38.8 Å². The molecule has 0 bridgehead atoms. The minimum Gasteiger partial charge on any atom is -0.459 e. The highest BCUT2D eigenvalue weighted by molar-refractivity contribution is 5.76. The molecule has 0 saturated carbocycles. The Morgan fingerprint density at radius 3 is 2.67 bits per heavy atom. The minimum atomic E-state index is -0.394. The molecule has 0 aromatic carbocycles. The summed E-state index contributed by atoms with van der Waals surface area (Å²) in [5.74, 6) is -0.0643.